The van der Waals surface area contributed by atoms with Gasteiger partial charge in [-0.1, -0.05) is 17.7 Å². The first-order valence-corrected chi connectivity index (χ1v) is 11.8. The Morgan fingerprint density at radius 2 is 1.90 bits per heavy atom. The van der Waals surface area contributed by atoms with Crippen molar-refractivity contribution in [3.63, 3.8) is 0 Å². The van der Waals surface area contributed by atoms with E-state index in [2.05, 4.69) is 4.74 Å². The van der Waals surface area contributed by atoms with Gasteiger partial charge in [-0.2, -0.15) is 4.31 Å². The van der Waals surface area contributed by atoms with E-state index < -0.39 is 16.0 Å². The summed E-state index contributed by atoms with van der Waals surface area (Å²) in [7, 11) is -2.48. The lowest BCUT2D eigenvalue weighted by Crippen LogP contribution is -2.50. The third-order valence-electron chi connectivity index (χ3n) is 4.56. The van der Waals surface area contributed by atoms with E-state index in [1.165, 1.54) is 22.9 Å². The maximum atomic E-state index is 12.8. The van der Waals surface area contributed by atoms with Gasteiger partial charge >= 0.3 is 5.97 Å². The number of halogens is 1. The third kappa shape index (κ3) is 5.31. The minimum atomic E-state index is -3.72. The number of amides is 1. The highest BCUT2D eigenvalue weighted by Crippen LogP contribution is 2.25. The molecule has 1 aliphatic rings. The van der Waals surface area contributed by atoms with Gasteiger partial charge in [0.15, 0.2) is 0 Å². The molecule has 0 saturated carbocycles. The smallest absolute Gasteiger partial charge is 0.338 e. The molecule has 11 heteroatoms. The maximum Gasteiger partial charge on any atom is 0.338 e. The standard InChI is InChI=1S/C19H21ClN2O6S2/c1-27-19(24)14-11-18(29-13-14)30(25,26)22-8-6-21(7-9-22)17(23)5-10-28-16-4-2-3-15(20)12-16/h2-4,11-13H,5-10H2,1H3. The normalized spacial score (nSPS) is 15.1. The number of methoxy groups -OCH3 is 1. The zero-order chi connectivity index (χ0) is 21.7. The van der Waals surface area contributed by atoms with Crippen LogP contribution >= 0.6 is 22.9 Å². The topological polar surface area (TPSA) is 93.2 Å². The fourth-order valence-electron chi connectivity index (χ4n) is 2.95. The molecular formula is C19H21ClN2O6S2. The highest BCUT2D eigenvalue weighted by molar-refractivity contribution is 7.91. The Hall–Kier alpha value is -2.14. The van der Waals surface area contributed by atoms with Gasteiger partial charge in [-0.15, -0.1) is 11.3 Å². The van der Waals surface area contributed by atoms with Crippen LogP contribution in [-0.2, 0) is 19.6 Å². The van der Waals surface area contributed by atoms with Crippen LogP contribution < -0.4 is 4.74 Å². The molecule has 1 aromatic heterocycles. The molecule has 0 spiro atoms. The Kier molecular flexibility index (Phi) is 7.35. The molecule has 1 aliphatic heterocycles. The fraction of sp³-hybridized carbons (Fsp3) is 0.368. The third-order valence-corrected chi connectivity index (χ3v) is 8.11. The van der Waals surface area contributed by atoms with Crippen LogP contribution in [0.1, 0.15) is 16.8 Å². The van der Waals surface area contributed by atoms with Gasteiger partial charge in [-0.3, -0.25) is 4.79 Å². The van der Waals surface area contributed by atoms with Crippen molar-refractivity contribution in [3.8, 4) is 5.75 Å². The van der Waals surface area contributed by atoms with Crippen molar-refractivity contribution in [2.45, 2.75) is 10.6 Å². The molecule has 1 saturated heterocycles. The van der Waals surface area contributed by atoms with E-state index in [0.717, 1.165) is 11.3 Å². The number of carbonyl (C=O) groups is 2. The summed E-state index contributed by atoms with van der Waals surface area (Å²) in [6.45, 7) is 1.18. The molecule has 30 heavy (non-hydrogen) atoms. The Morgan fingerprint density at radius 3 is 2.57 bits per heavy atom. The second-order valence-electron chi connectivity index (χ2n) is 6.49. The predicted molar refractivity (Wildman–Crippen MR) is 113 cm³/mol. The van der Waals surface area contributed by atoms with E-state index in [1.54, 1.807) is 29.2 Å². The Bertz CT molecular complexity index is 1020. The molecule has 1 amide bonds. The Balaban J connectivity index is 1.50. The Labute approximate surface area is 184 Å². The minimum Gasteiger partial charge on any atom is -0.493 e. The lowest BCUT2D eigenvalue weighted by Gasteiger charge is -2.33. The number of esters is 1. The molecule has 0 aliphatic carbocycles. The molecule has 2 heterocycles. The molecule has 0 bridgehead atoms. The highest BCUT2D eigenvalue weighted by atomic mass is 35.5. The number of sulfonamides is 1. The van der Waals surface area contributed by atoms with Crippen molar-refractivity contribution in [3.05, 3.63) is 46.3 Å². The summed E-state index contributed by atoms with van der Waals surface area (Å²) in [5.74, 6) is -0.0882. The first kappa shape index (κ1) is 22.5. The molecule has 0 radical (unpaired) electrons. The fourth-order valence-corrected chi connectivity index (χ4v) is 5.86. The average Bonchev–Trinajstić information content (AvgIpc) is 3.24. The number of nitrogens with zero attached hydrogens (tertiary/aromatic N) is 2. The van der Waals surface area contributed by atoms with Gasteiger partial charge in [-0.25, -0.2) is 13.2 Å². The van der Waals surface area contributed by atoms with Gasteiger partial charge in [0.05, 0.1) is 25.7 Å². The van der Waals surface area contributed by atoms with Gasteiger partial charge in [0.25, 0.3) is 10.0 Å². The quantitative estimate of drug-likeness (QED) is 0.575. The van der Waals surface area contributed by atoms with E-state index in [9.17, 15) is 18.0 Å². The summed E-state index contributed by atoms with van der Waals surface area (Å²) in [6.07, 6.45) is 0.187. The number of piperazine rings is 1. The Morgan fingerprint density at radius 1 is 1.17 bits per heavy atom. The molecular weight excluding hydrogens is 452 g/mol. The summed E-state index contributed by atoms with van der Waals surface area (Å²) in [6, 6.07) is 8.25. The first-order valence-electron chi connectivity index (χ1n) is 9.14. The monoisotopic (exact) mass is 472 g/mol. The molecule has 3 rings (SSSR count). The number of carbonyl (C=O) groups excluding carboxylic acids is 2. The van der Waals surface area contributed by atoms with Crippen molar-refractivity contribution < 1.29 is 27.5 Å². The van der Waals surface area contributed by atoms with E-state index >= 15 is 0 Å². The number of rotatable bonds is 7. The van der Waals surface area contributed by atoms with Crippen LogP contribution in [0.3, 0.4) is 0 Å². The van der Waals surface area contributed by atoms with Gasteiger partial charge in [0.1, 0.15) is 9.96 Å². The molecule has 0 N–H and O–H groups in total. The molecule has 162 valence electrons. The van der Waals surface area contributed by atoms with Gasteiger partial charge < -0.3 is 14.4 Å². The molecule has 8 nitrogen and oxygen atoms in total. The van der Waals surface area contributed by atoms with Crippen LogP contribution in [0.25, 0.3) is 0 Å². The number of hydrogen-bond acceptors (Lipinski definition) is 7. The van der Waals surface area contributed by atoms with E-state index in [-0.39, 0.29) is 41.8 Å². The van der Waals surface area contributed by atoms with Crippen LogP contribution in [0.4, 0.5) is 0 Å². The van der Waals surface area contributed by atoms with Crippen molar-refractivity contribution in [2.75, 3.05) is 39.9 Å². The summed E-state index contributed by atoms with van der Waals surface area (Å²) < 4.78 is 37.1. The second kappa shape index (κ2) is 9.78. The predicted octanol–water partition coefficient (Wildman–Crippen LogP) is 2.49. The lowest BCUT2D eigenvalue weighted by molar-refractivity contribution is -0.132. The van der Waals surface area contributed by atoms with Crippen molar-refractivity contribution in [1.29, 1.82) is 0 Å². The first-order chi connectivity index (χ1) is 14.3. The van der Waals surface area contributed by atoms with Crippen LogP contribution in [-0.4, -0.2) is 69.4 Å². The van der Waals surface area contributed by atoms with Crippen LogP contribution in [0.15, 0.2) is 39.9 Å². The van der Waals surface area contributed by atoms with Crippen molar-refractivity contribution >= 4 is 44.8 Å². The van der Waals surface area contributed by atoms with Gasteiger partial charge in [0.2, 0.25) is 5.91 Å². The number of benzene rings is 1. The molecule has 0 atom stereocenters. The van der Waals surface area contributed by atoms with Crippen LogP contribution in [0.5, 0.6) is 5.75 Å². The molecule has 1 aromatic carbocycles. The summed E-state index contributed by atoms with van der Waals surface area (Å²) >= 11 is 6.87. The van der Waals surface area contributed by atoms with Crippen molar-refractivity contribution in [2.24, 2.45) is 0 Å². The number of thiophene rings is 1. The second-order valence-corrected chi connectivity index (χ2v) is 10.00. The molecule has 2 aromatic rings. The SMILES string of the molecule is COC(=O)c1csc(S(=O)(=O)N2CCN(C(=O)CCOc3cccc(Cl)c3)CC2)c1. The van der Waals surface area contributed by atoms with Crippen LogP contribution in [0.2, 0.25) is 5.02 Å². The zero-order valence-electron chi connectivity index (χ0n) is 16.2. The summed E-state index contributed by atoms with van der Waals surface area (Å²) in [4.78, 5) is 25.6. The highest BCUT2D eigenvalue weighted by Gasteiger charge is 2.31. The molecule has 0 unspecified atom stereocenters. The average molecular weight is 473 g/mol. The van der Waals surface area contributed by atoms with Crippen LogP contribution in [0, 0.1) is 0 Å². The van der Waals surface area contributed by atoms with E-state index in [1.807, 2.05) is 0 Å². The lowest BCUT2D eigenvalue weighted by atomic mass is 10.3. The number of ether oxygens (including phenoxy) is 2. The van der Waals surface area contributed by atoms with Gasteiger partial charge in [0, 0.05) is 36.6 Å². The summed E-state index contributed by atoms with van der Waals surface area (Å²) in [5.41, 5.74) is 0.203. The maximum absolute atomic E-state index is 12.8. The van der Waals surface area contributed by atoms with E-state index in [4.69, 9.17) is 16.3 Å². The van der Waals surface area contributed by atoms with E-state index in [0.29, 0.717) is 23.9 Å². The summed E-state index contributed by atoms with van der Waals surface area (Å²) in [5, 5.41) is 2.01. The number of hydrogen-bond donors (Lipinski definition) is 0. The minimum absolute atomic E-state index is 0.0811. The van der Waals surface area contributed by atoms with Crippen molar-refractivity contribution in [1.82, 2.24) is 9.21 Å². The largest absolute Gasteiger partial charge is 0.493 e. The van der Waals surface area contributed by atoms with Gasteiger partial charge in [-0.05, 0) is 24.3 Å². The molecule has 1 fully saturated rings. The zero-order valence-corrected chi connectivity index (χ0v) is 18.6.